The van der Waals surface area contributed by atoms with E-state index in [1.165, 1.54) is 12.8 Å². The fourth-order valence-electron chi connectivity index (χ4n) is 1.73. The second-order valence-corrected chi connectivity index (χ2v) is 5.61. The Morgan fingerprint density at radius 2 is 2.07 bits per heavy atom. The van der Waals surface area contributed by atoms with Gasteiger partial charge in [-0.15, -0.1) is 0 Å². The third-order valence-electron chi connectivity index (χ3n) is 3.82. The average molecular weight is 211 g/mol. The molecule has 1 fully saturated rings. The molecule has 0 amide bonds. The van der Waals surface area contributed by atoms with Crippen molar-refractivity contribution >= 4 is 5.84 Å². The molecule has 3 heteroatoms. The van der Waals surface area contributed by atoms with Gasteiger partial charge >= 0.3 is 0 Å². The van der Waals surface area contributed by atoms with Crippen molar-refractivity contribution in [2.45, 2.75) is 46.1 Å². The lowest BCUT2D eigenvalue weighted by atomic mass is 9.88. The molecular formula is C12H25N3. The Balaban J connectivity index is 2.32. The highest BCUT2D eigenvalue weighted by molar-refractivity contribution is 5.82. The molecule has 0 spiro atoms. The van der Waals surface area contributed by atoms with E-state index in [9.17, 15) is 0 Å². The Bertz CT molecular complexity index is 231. The van der Waals surface area contributed by atoms with Crippen LogP contribution in [-0.2, 0) is 0 Å². The lowest BCUT2D eigenvalue weighted by Gasteiger charge is -2.29. The van der Waals surface area contributed by atoms with Crippen LogP contribution in [0.2, 0.25) is 0 Å². The molecule has 88 valence electrons. The van der Waals surface area contributed by atoms with Crippen molar-refractivity contribution in [3.05, 3.63) is 0 Å². The molecule has 0 bridgehead atoms. The van der Waals surface area contributed by atoms with Gasteiger partial charge in [-0.05, 0) is 45.7 Å². The Morgan fingerprint density at radius 3 is 2.47 bits per heavy atom. The zero-order chi connectivity index (χ0) is 11.6. The summed E-state index contributed by atoms with van der Waals surface area (Å²) in [5.41, 5.74) is 5.41. The van der Waals surface area contributed by atoms with Crippen molar-refractivity contribution in [1.82, 2.24) is 4.90 Å². The summed E-state index contributed by atoms with van der Waals surface area (Å²) in [4.78, 5) is 2.41. The summed E-state index contributed by atoms with van der Waals surface area (Å²) in [5, 5.41) is 7.50. The van der Waals surface area contributed by atoms with Gasteiger partial charge in [0.05, 0.1) is 5.84 Å². The van der Waals surface area contributed by atoms with Gasteiger partial charge in [0.15, 0.2) is 0 Å². The van der Waals surface area contributed by atoms with Gasteiger partial charge in [0, 0.05) is 11.5 Å². The summed E-state index contributed by atoms with van der Waals surface area (Å²) in [7, 11) is 2.18. The maximum Gasteiger partial charge on any atom is 0.0963 e. The molecule has 3 nitrogen and oxygen atoms in total. The summed E-state index contributed by atoms with van der Waals surface area (Å²) in [6, 6.07) is 0.688. The highest BCUT2D eigenvalue weighted by Crippen LogP contribution is 2.35. The second kappa shape index (κ2) is 4.52. The lowest BCUT2D eigenvalue weighted by molar-refractivity contribution is 0.213. The second-order valence-electron chi connectivity index (χ2n) is 5.61. The van der Waals surface area contributed by atoms with E-state index in [4.69, 9.17) is 11.1 Å². The summed E-state index contributed by atoms with van der Waals surface area (Å²) in [6.45, 7) is 7.43. The van der Waals surface area contributed by atoms with E-state index in [-0.39, 0.29) is 5.41 Å². The van der Waals surface area contributed by atoms with E-state index in [1.54, 1.807) is 0 Å². The quantitative estimate of drug-likeness (QED) is 0.522. The van der Waals surface area contributed by atoms with E-state index in [1.807, 2.05) is 13.8 Å². The van der Waals surface area contributed by atoms with Crippen LogP contribution in [-0.4, -0.2) is 30.4 Å². The van der Waals surface area contributed by atoms with Gasteiger partial charge in [-0.25, -0.2) is 0 Å². The van der Waals surface area contributed by atoms with Crippen molar-refractivity contribution in [1.29, 1.82) is 5.41 Å². The molecule has 1 unspecified atom stereocenters. The topological polar surface area (TPSA) is 53.1 Å². The van der Waals surface area contributed by atoms with Gasteiger partial charge in [0.2, 0.25) is 0 Å². The van der Waals surface area contributed by atoms with Crippen molar-refractivity contribution < 1.29 is 0 Å². The van der Waals surface area contributed by atoms with E-state index in [0.717, 1.165) is 18.9 Å². The number of rotatable bonds is 6. The summed E-state index contributed by atoms with van der Waals surface area (Å²) in [5.74, 6) is 1.21. The smallest absolute Gasteiger partial charge is 0.0963 e. The van der Waals surface area contributed by atoms with Crippen LogP contribution in [0.15, 0.2) is 0 Å². The third kappa shape index (κ3) is 3.49. The number of nitrogens with two attached hydrogens (primary N) is 1. The van der Waals surface area contributed by atoms with Gasteiger partial charge in [0.1, 0.15) is 0 Å². The van der Waals surface area contributed by atoms with E-state index in [2.05, 4.69) is 18.9 Å². The fourth-order valence-corrected chi connectivity index (χ4v) is 1.73. The van der Waals surface area contributed by atoms with E-state index >= 15 is 0 Å². The number of amidine groups is 1. The van der Waals surface area contributed by atoms with Gasteiger partial charge in [-0.1, -0.05) is 13.8 Å². The van der Waals surface area contributed by atoms with Crippen LogP contribution >= 0.6 is 0 Å². The molecule has 3 N–H and O–H groups in total. The largest absolute Gasteiger partial charge is 0.387 e. The summed E-state index contributed by atoms with van der Waals surface area (Å²) >= 11 is 0. The van der Waals surface area contributed by atoms with Crippen LogP contribution in [0, 0.1) is 16.7 Å². The first-order valence-corrected chi connectivity index (χ1v) is 5.89. The van der Waals surface area contributed by atoms with Gasteiger partial charge < -0.3 is 10.6 Å². The minimum atomic E-state index is -0.155. The van der Waals surface area contributed by atoms with Gasteiger partial charge in [-0.2, -0.15) is 0 Å². The van der Waals surface area contributed by atoms with Gasteiger partial charge in [0.25, 0.3) is 0 Å². The number of hydrogen-bond acceptors (Lipinski definition) is 2. The maximum absolute atomic E-state index is 7.50. The molecule has 1 aliphatic rings. The van der Waals surface area contributed by atoms with Crippen molar-refractivity contribution in [2.75, 3.05) is 13.6 Å². The molecule has 0 aromatic heterocycles. The molecule has 0 aliphatic heterocycles. The first-order chi connectivity index (χ1) is 6.84. The van der Waals surface area contributed by atoms with E-state index in [0.29, 0.717) is 11.9 Å². The highest BCUT2D eigenvalue weighted by atomic mass is 15.1. The van der Waals surface area contributed by atoms with Crippen molar-refractivity contribution in [2.24, 2.45) is 17.1 Å². The molecular weight excluding hydrogens is 186 g/mol. The van der Waals surface area contributed by atoms with Crippen LogP contribution in [0.3, 0.4) is 0 Å². The Labute approximate surface area is 93.5 Å². The molecule has 0 heterocycles. The summed E-state index contributed by atoms with van der Waals surface area (Å²) in [6.07, 6.45) is 3.75. The van der Waals surface area contributed by atoms with Crippen molar-refractivity contribution in [3.63, 3.8) is 0 Å². The molecule has 15 heavy (non-hydrogen) atoms. The summed E-state index contributed by atoms with van der Waals surface area (Å²) < 4.78 is 0. The average Bonchev–Trinajstić information content (AvgIpc) is 2.96. The van der Waals surface area contributed by atoms with Gasteiger partial charge in [-0.3, -0.25) is 5.41 Å². The zero-order valence-electron chi connectivity index (χ0n) is 10.5. The van der Waals surface area contributed by atoms with Crippen LogP contribution in [0.25, 0.3) is 0 Å². The predicted molar refractivity (Wildman–Crippen MR) is 65.1 cm³/mol. The molecule has 1 atom stereocenters. The normalized spacial score (nSPS) is 19.3. The monoisotopic (exact) mass is 211 g/mol. The molecule has 0 saturated heterocycles. The van der Waals surface area contributed by atoms with Crippen LogP contribution in [0.1, 0.15) is 40.0 Å². The van der Waals surface area contributed by atoms with Crippen molar-refractivity contribution in [3.8, 4) is 0 Å². The standard InChI is InChI=1S/C12H25N3/c1-9(10-5-6-10)15(4)8-7-12(2,3)11(13)14/h9-10H,5-8H2,1-4H3,(H3,13,14). The molecule has 1 aliphatic carbocycles. The number of nitrogens with one attached hydrogen (secondary N) is 1. The maximum atomic E-state index is 7.50. The third-order valence-corrected chi connectivity index (χ3v) is 3.82. The minimum absolute atomic E-state index is 0.155. The van der Waals surface area contributed by atoms with Crippen LogP contribution in [0.5, 0.6) is 0 Å². The van der Waals surface area contributed by atoms with E-state index < -0.39 is 0 Å². The molecule has 0 aromatic rings. The SMILES string of the molecule is CC(C1CC1)N(C)CCC(C)(C)C(=N)N. The highest BCUT2D eigenvalue weighted by Gasteiger charge is 2.31. The first-order valence-electron chi connectivity index (χ1n) is 5.89. The van der Waals surface area contributed by atoms with Crippen LogP contribution < -0.4 is 5.73 Å². The zero-order valence-corrected chi connectivity index (χ0v) is 10.5. The molecule has 0 radical (unpaired) electrons. The Morgan fingerprint density at radius 1 is 1.53 bits per heavy atom. The lowest BCUT2D eigenvalue weighted by Crippen LogP contribution is -2.37. The first kappa shape index (κ1) is 12.5. The fraction of sp³-hybridized carbons (Fsp3) is 0.917. The Kier molecular flexibility index (Phi) is 3.77. The molecule has 0 aromatic carbocycles. The number of nitrogens with zero attached hydrogens (tertiary/aromatic N) is 1. The minimum Gasteiger partial charge on any atom is -0.387 e. The Hall–Kier alpha value is -0.570. The molecule has 1 rings (SSSR count). The number of hydrogen-bond donors (Lipinski definition) is 2. The van der Waals surface area contributed by atoms with Crippen LogP contribution in [0.4, 0.5) is 0 Å². The predicted octanol–water partition coefficient (Wildman–Crippen LogP) is 2.07. The molecule has 1 saturated carbocycles.